The molecule has 0 aliphatic heterocycles. The van der Waals surface area contributed by atoms with Gasteiger partial charge in [-0.1, -0.05) is 23.6 Å². The Morgan fingerprint density at radius 1 is 1.53 bits per heavy atom. The zero-order chi connectivity index (χ0) is 14.0. The number of hydrogen-bond donors (Lipinski definition) is 1. The minimum Gasteiger partial charge on any atom is -0.322 e. The van der Waals surface area contributed by atoms with Crippen LogP contribution in [0.2, 0.25) is 5.15 Å². The number of aromatic nitrogens is 2. The third-order valence-corrected chi connectivity index (χ3v) is 3.10. The fraction of sp³-hybridized carbons (Fsp3) is 0.143. The average Bonchev–Trinajstić information content (AvgIpc) is 2.63. The predicted octanol–water partition coefficient (Wildman–Crippen LogP) is 2.62. The van der Waals surface area contributed by atoms with E-state index in [0.717, 1.165) is 0 Å². The summed E-state index contributed by atoms with van der Waals surface area (Å²) in [6.07, 6.45) is 5.32. The van der Waals surface area contributed by atoms with Crippen molar-refractivity contribution in [3.8, 4) is 12.3 Å². The Balaban J connectivity index is 2.28. The molecule has 1 aromatic carbocycles. The van der Waals surface area contributed by atoms with Crippen molar-refractivity contribution in [2.24, 2.45) is 7.05 Å². The van der Waals surface area contributed by atoms with Crippen LogP contribution in [0.1, 0.15) is 21.6 Å². The van der Waals surface area contributed by atoms with E-state index in [1.165, 1.54) is 4.68 Å². The van der Waals surface area contributed by atoms with Gasteiger partial charge in [0.2, 0.25) is 0 Å². The molecule has 0 fully saturated rings. The third kappa shape index (κ3) is 2.61. The molecule has 0 aliphatic rings. The van der Waals surface area contributed by atoms with Crippen LogP contribution in [0.25, 0.3) is 0 Å². The van der Waals surface area contributed by atoms with Gasteiger partial charge in [-0.2, -0.15) is 5.10 Å². The van der Waals surface area contributed by atoms with Crippen LogP contribution in [0.5, 0.6) is 0 Å². The van der Waals surface area contributed by atoms with Crippen molar-refractivity contribution in [2.45, 2.75) is 6.92 Å². The maximum atomic E-state index is 12.2. The smallest absolute Gasteiger partial charge is 0.260 e. The van der Waals surface area contributed by atoms with Crippen molar-refractivity contribution >= 4 is 23.2 Å². The van der Waals surface area contributed by atoms with Crippen molar-refractivity contribution in [3.63, 3.8) is 0 Å². The highest BCUT2D eigenvalue weighted by Crippen LogP contribution is 2.20. The minimum atomic E-state index is -0.301. The summed E-state index contributed by atoms with van der Waals surface area (Å²) in [5, 5.41) is 7.16. The largest absolute Gasteiger partial charge is 0.322 e. The van der Waals surface area contributed by atoms with Crippen LogP contribution in [0.15, 0.2) is 24.3 Å². The Morgan fingerprint density at radius 2 is 2.26 bits per heavy atom. The number of carbonyl (C=O) groups excluding carboxylic acids is 1. The zero-order valence-electron chi connectivity index (χ0n) is 10.6. The van der Waals surface area contributed by atoms with Gasteiger partial charge in [0.1, 0.15) is 5.15 Å². The first-order chi connectivity index (χ1) is 9.02. The second-order valence-corrected chi connectivity index (χ2v) is 4.41. The van der Waals surface area contributed by atoms with Crippen LogP contribution in [0, 0.1) is 19.3 Å². The molecule has 5 heteroatoms. The minimum absolute atomic E-state index is 0.301. The van der Waals surface area contributed by atoms with Gasteiger partial charge < -0.3 is 5.32 Å². The molecule has 1 heterocycles. The van der Waals surface area contributed by atoms with E-state index in [-0.39, 0.29) is 5.91 Å². The molecule has 0 atom stereocenters. The van der Waals surface area contributed by atoms with Gasteiger partial charge in [-0.3, -0.25) is 9.48 Å². The molecule has 0 bridgehead atoms. The molecule has 0 spiro atoms. The van der Waals surface area contributed by atoms with E-state index in [9.17, 15) is 4.79 Å². The lowest BCUT2D eigenvalue weighted by Crippen LogP contribution is -2.13. The van der Waals surface area contributed by atoms with Crippen LogP contribution >= 0.6 is 11.6 Å². The summed E-state index contributed by atoms with van der Waals surface area (Å²) in [6, 6.07) is 7.05. The first kappa shape index (κ1) is 13.2. The van der Waals surface area contributed by atoms with Crippen molar-refractivity contribution in [1.29, 1.82) is 0 Å². The summed E-state index contributed by atoms with van der Waals surface area (Å²) in [6.45, 7) is 1.73. The number of rotatable bonds is 2. The van der Waals surface area contributed by atoms with Crippen LogP contribution < -0.4 is 5.32 Å². The number of halogens is 1. The SMILES string of the molecule is C#Cc1cccc(NC(=O)c2c(C)nn(C)c2Cl)c1. The Kier molecular flexibility index (Phi) is 3.59. The van der Waals surface area contributed by atoms with Gasteiger partial charge in [-0.05, 0) is 25.1 Å². The number of anilines is 1. The number of benzene rings is 1. The molecular weight excluding hydrogens is 262 g/mol. The number of nitrogens with zero attached hydrogens (tertiary/aromatic N) is 2. The fourth-order valence-electron chi connectivity index (χ4n) is 1.77. The maximum Gasteiger partial charge on any atom is 0.260 e. The summed E-state index contributed by atoms with van der Waals surface area (Å²) in [7, 11) is 1.69. The molecule has 1 aromatic heterocycles. The fourth-order valence-corrected chi connectivity index (χ4v) is 2.03. The van der Waals surface area contributed by atoms with Gasteiger partial charge in [-0.15, -0.1) is 6.42 Å². The highest BCUT2D eigenvalue weighted by molar-refractivity contribution is 6.33. The molecule has 96 valence electrons. The van der Waals surface area contributed by atoms with Gasteiger partial charge in [0.15, 0.2) is 0 Å². The summed E-state index contributed by atoms with van der Waals surface area (Å²) < 4.78 is 1.46. The van der Waals surface area contributed by atoms with E-state index in [4.69, 9.17) is 18.0 Å². The average molecular weight is 274 g/mol. The Bertz CT molecular complexity index is 682. The Labute approximate surface area is 116 Å². The second-order valence-electron chi connectivity index (χ2n) is 4.05. The molecule has 0 radical (unpaired) electrons. The van der Waals surface area contributed by atoms with Gasteiger partial charge in [0.05, 0.1) is 11.3 Å². The lowest BCUT2D eigenvalue weighted by Gasteiger charge is -2.05. The zero-order valence-corrected chi connectivity index (χ0v) is 11.3. The van der Waals surface area contributed by atoms with Gasteiger partial charge >= 0.3 is 0 Å². The van der Waals surface area contributed by atoms with Gasteiger partial charge in [-0.25, -0.2) is 0 Å². The Morgan fingerprint density at radius 3 is 2.84 bits per heavy atom. The highest BCUT2D eigenvalue weighted by atomic mass is 35.5. The number of amides is 1. The molecule has 1 amide bonds. The van der Waals surface area contributed by atoms with E-state index < -0.39 is 0 Å². The molecule has 4 nitrogen and oxygen atoms in total. The van der Waals surface area contributed by atoms with Crippen molar-refractivity contribution in [3.05, 3.63) is 46.2 Å². The monoisotopic (exact) mass is 273 g/mol. The van der Waals surface area contributed by atoms with Crippen LogP contribution in [0.3, 0.4) is 0 Å². The first-order valence-corrected chi connectivity index (χ1v) is 5.98. The number of terminal acetylenes is 1. The summed E-state index contributed by atoms with van der Waals surface area (Å²) in [5.74, 6) is 2.21. The molecule has 0 saturated carbocycles. The van der Waals surface area contributed by atoms with Crippen LogP contribution in [0.4, 0.5) is 5.69 Å². The quantitative estimate of drug-likeness (QED) is 0.855. The maximum absolute atomic E-state index is 12.2. The number of aryl methyl sites for hydroxylation is 2. The van der Waals surface area contributed by atoms with E-state index >= 15 is 0 Å². The third-order valence-electron chi connectivity index (χ3n) is 2.67. The molecular formula is C14H12ClN3O. The molecule has 2 rings (SSSR count). The van der Waals surface area contributed by atoms with E-state index in [2.05, 4.69) is 16.3 Å². The van der Waals surface area contributed by atoms with Crippen molar-refractivity contribution < 1.29 is 4.79 Å². The van der Waals surface area contributed by atoms with Gasteiger partial charge in [0, 0.05) is 18.3 Å². The van der Waals surface area contributed by atoms with Crippen LogP contribution in [-0.4, -0.2) is 15.7 Å². The molecule has 0 saturated heterocycles. The predicted molar refractivity (Wildman–Crippen MR) is 75.3 cm³/mol. The highest BCUT2D eigenvalue weighted by Gasteiger charge is 2.18. The summed E-state index contributed by atoms with van der Waals surface area (Å²) in [4.78, 5) is 12.2. The number of carbonyl (C=O) groups is 1. The van der Waals surface area contributed by atoms with E-state index in [1.807, 2.05) is 0 Å². The van der Waals surface area contributed by atoms with E-state index in [1.54, 1.807) is 38.2 Å². The molecule has 0 unspecified atom stereocenters. The summed E-state index contributed by atoms with van der Waals surface area (Å²) in [5.41, 5.74) is 2.28. The lowest BCUT2D eigenvalue weighted by molar-refractivity contribution is 0.102. The topological polar surface area (TPSA) is 46.9 Å². The van der Waals surface area contributed by atoms with E-state index in [0.29, 0.717) is 27.7 Å². The lowest BCUT2D eigenvalue weighted by atomic mass is 10.2. The molecule has 19 heavy (non-hydrogen) atoms. The van der Waals surface area contributed by atoms with Gasteiger partial charge in [0.25, 0.3) is 5.91 Å². The van der Waals surface area contributed by atoms with Crippen molar-refractivity contribution in [2.75, 3.05) is 5.32 Å². The molecule has 1 N–H and O–H groups in total. The standard InChI is InChI=1S/C14H12ClN3O/c1-4-10-6-5-7-11(8-10)16-14(19)12-9(2)17-18(3)13(12)15/h1,5-8H,2-3H3,(H,16,19). The first-order valence-electron chi connectivity index (χ1n) is 5.60. The molecule has 2 aromatic rings. The molecule has 0 aliphatic carbocycles. The Hall–Kier alpha value is -2.25. The summed E-state index contributed by atoms with van der Waals surface area (Å²) >= 11 is 6.04. The number of nitrogens with one attached hydrogen (secondary N) is 1. The normalized spacial score (nSPS) is 10.0. The second kappa shape index (κ2) is 5.17. The van der Waals surface area contributed by atoms with Crippen molar-refractivity contribution in [1.82, 2.24) is 9.78 Å². The number of hydrogen-bond acceptors (Lipinski definition) is 2. The van der Waals surface area contributed by atoms with Crippen LogP contribution in [-0.2, 0) is 7.05 Å².